The lowest BCUT2D eigenvalue weighted by Gasteiger charge is -2.09. The third-order valence-electron chi connectivity index (χ3n) is 5.10. The second-order valence-corrected chi connectivity index (χ2v) is 9.08. The lowest BCUT2D eigenvalue weighted by Crippen LogP contribution is -2.23. The molecule has 0 aliphatic carbocycles. The van der Waals surface area contributed by atoms with Crippen molar-refractivity contribution in [3.63, 3.8) is 0 Å². The number of benzene rings is 2. The number of rotatable bonds is 6. The number of aryl methyl sites for hydroxylation is 3. The van der Waals surface area contributed by atoms with Gasteiger partial charge < -0.3 is 0 Å². The molecule has 5 nitrogen and oxygen atoms in total. The fourth-order valence-electron chi connectivity index (χ4n) is 3.63. The molecular formula is C23H20N4OS2. The van der Waals surface area contributed by atoms with Gasteiger partial charge in [-0.15, -0.1) is 21.5 Å². The molecule has 0 fully saturated rings. The van der Waals surface area contributed by atoms with E-state index >= 15 is 0 Å². The van der Waals surface area contributed by atoms with Crippen LogP contribution in [0, 0.1) is 6.92 Å². The van der Waals surface area contributed by atoms with Crippen molar-refractivity contribution in [1.29, 1.82) is 0 Å². The Labute approximate surface area is 182 Å². The Balaban J connectivity index is 1.54. The van der Waals surface area contributed by atoms with E-state index in [0.717, 1.165) is 27.5 Å². The average Bonchev–Trinajstić information content (AvgIpc) is 3.40. The second kappa shape index (κ2) is 8.08. The number of aromatic nitrogens is 4. The number of hydrogen-bond acceptors (Lipinski definition) is 5. The fraction of sp³-hybridized carbons (Fsp3) is 0.174. The van der Waals surface area contributed by atoms with Gasteiger partial charge in [-0.3, -0.25) is 13.8 Å². The normalized spacial score (nSPS) is 11.5. The molecular weight excluding hydrogens is 412 g/mol. The molecule has 3 aromatic heterocycles. The zero-order chi connectivity index (χ0) is 20.5. The lowest BCUT2D eigenvalue weighted by atomic mass is 10.1. The molecule has 0 aliphatic rings. The first-order chi connectivity index (χ1) is 14.7. The monoisotopic (exact) mass is 432 g/mol. The van der Waals surface area contributed by atoms with Gasteiger partial charge in [0.05, 0.1) is 5.52 Å². The van der Waals surface area contributed by atoms with Gasteiger partial charge in [-0.1, -0.05) is 71.9 Å². The van der Waals surface area contributed by atoms with E-state index in [1.54, 1.807) is 16.3 Å². The quantitative estimate of drug-likeness (QED) is 0.356. The molecule has 30 heavy (non-hydrogen) atoms. The molecule has 0 saturated heterocycles. The molecule has 0 amide bonds. The molecule has 0 atom stereocenters. The summed E-state index contributed by atoms with van der Waals surface area (Å²) in [4.78, 5) is 13.1. The Morgan fingerprint density at radius 2 is 1.83 bits per heavy atom. The molecule has 0 saturated carbocycles. The van der Waals surface area contributed by atoms with Crippen LogP contribution < -0.4 is 5.56 Å². The van der Waals surface area contributed by atoms with Crippen LogP contribution >= 0.6 is 23.1 Å². The van der Waals surface area contributed by atoms with Crippen LogP contribution in [0.1, 0.15) is 16.7 Å². The van der Waals surface area contributed by atoms with E-state index in [4.69, 9.17) is 0 Å². The molecule has 0 spiro atoms. The highest BCUT2D eigenvalue weighted by Gasteiger charge is 2.17. The Kier molecular flexibility index (Phi) is 5.14. The first kappa shape index (κ1) is 19.1. The smallest absolute Gasteiger partial charge is 0.272 e. The third kappa shape index (κ3) is 3.55. The zero-order valence-corrected chi connectivity index (χ0v) is 18.1. The van der Waals surface area contributed by atoms with E-state index in [9.17, 15) is 4.79 Å². The Morgan fingerprint density at radius 1 is 1.00 bits per heavy atom. The predicted molar refractivity (Wildman–Crippen MR) is 124 cm³/mol. The summed E-state index contributed by atoms with van der Waals surface area (Å²) in [6, 6.07) is 20.7. The summed E-state index contributed by atoms with van der Waals surface area (Å²) in [6.07, 6.45) is 0.770. The van der Waals surface area contributed by atoms with Crippen molar-refractivity contribution in [2.45, 2.75) is 30.8 Å². The molecule has 7 heteroatoms. The molecule has 5 rings (SSSR count). The van der Waals surface area contributed by atoms with Crippen molar-refractivity contribution in [1.82, 2.24) is 19.2 Å². The van der Waals surface area contributed by atoms with Gasteiger partial charge in [-0.2, -0.15) is 0 Å². The largest absolute Gasteiger partial charge is 0.275 e. The van der Waals surface area contributed by atoms with Crippen LogP contribution in [0.15, 0.2) is 76.0 Å². The first-order valence-electron chi connectivity index (χ1n) is 9.78. The van der Waals surface area contributed by atoms with Crippen LogP contribution in [0.5, 0.6) is 0 Å². The topological polar surface area (TPSA) is 52.2 Å². The number of thiophene rings is 1. The van der Waals surface area contributed by atoms with E-state index in [1.165, 1.54) is 28.0 Å². The van der Waals surface area contributed by atoms with Crippen molar-refractivity contribution in [3.05, 3.63) is 93.1 Å². The van der Waals surface area contributed by atoms with Crippen molar-refractivity contribution in [3.8, 4) is 0 Å². The van der Waals surface area contributed by atoms with E-state index in [-0.39, 0.29) is 5.56 Å². The van der Waals surface area contributed by atoms with E-state index in [2.05, 4.69) is 53.5 Å². The molecule has 0 bridgehead atoms. The number of hydrogen-bond donors (Lipinski definition) is 0. The molecule has 2 aromatic carbocycles. The van der Waals surface area contributed by atoms with E-state index in [1.807, 2.05) is 34.0 Å². The van der Waals surface area contributed by atoms with Gasteiger partial charge in [0.2, 0.25) is 5.78 Å². The summed E-state index contributed by atoms with van der Waals surface area (Å²) in [6.45, 7) is 2.67. The minimum Gasteiger partial charge on any atom is -0.275 e. The highest BCUT2D eigenvalue weighted by molar-refractivity contribution is 7.98. The van der Waals surface area contributed by atoms with Crippen molar-refractivity contribution >= 4 is 39.1 Å². The standard InChI is InChI=1S/C23H20N4OS2/c1-16-6-5-9-18(14-16)15-30-23-25-24-22-26(12-10-17-7-3-2-4-8-17)21(28)20-19(27(22)23)11-13-29-20/h2-9,11,13-14H,10,12,15H2,1H3. The summed E-state index contributed by atoms with van der Waals surface area (Å²) in [7, 11) is 0. The molecule has 3 heterocycles. The maximum absolute atomic E-state index is 13.1. The predicted octanol–water partition coefficient (Wildman–Crippen LogP) is 4.95. The minimum absolute atomic E-state index is 0.00562. The zero-order valence-electron chi connectivity index (χ0n) is 16.5. The average molecular weight is 433 g/mol. The van der Waals surface area contributed by atoms with Gasteiger partial charge in [-0.25, -0.2) is 0 Å². The van der Waals surface area contributed by atoms with E-state index in [0.29, 0.717) is 12.3 Å². The van der Waals surface area contributed by atoms with Crippen LogP contribution in [0.4, 0.5) is 0 Å². The fourth-order valence-corrected chi connectivity index (χ4v) is 5.34. The first-order valence-corrected chi connectivity index (χ1v) is 11.6. The van der Waals surface area contributed by atoms with Gasteiger partial charge in [-0.05, 0) is 35.9 Å². The molecule has 0 N–H and O–H groups in total. The van der Waals surface area contributed by atoms with Crippen LogP contribution in [0.2, 0.25) is 0 Å². The Bertz CT molecular complexity index is 1390. The summed E-state index contributed by atoms with van der Waals surface area (Å²) in [5.41, 5.74) is 4.58. The minimum atomic E-state index is 0.00562. The Hall–Kier alpha value is -2.90. The summed E-state index contributed by atoms with van der Waals surface area (Å²) in [5.74, 6) is 1.41. The lowest BCUT2D eigenvalue weighted by molar-refractivity contribution is 0.678. The summed E-state index contributed by atoms with van der Waals surface area (Å²) in [5, 5.41) is 11.6. The van der Waals surface area contributed by atoms with Gasteiger partial charge in [0.15, 0.2) is 5.16 Å². The second-order valence-electron chi connectivity index (χ2n) is 7.22. The van der Waals surface area contributed by atoms with Crippen LogP contribution in [-0.4, -0.2) is 19.2 Å². The Morgan fingerprint density at radius 3 is 2.67 bits per heavy atom. The van der Waals surface area contributed by atoms with Gasteiger partial charge in [0, 0.05) is 12.3 Å². The van der Waals surface area contributed by atoms with Crippen molar-refractivity contribution in [2.75, 3.05) is 0 Å². The highest BCUT2D eigenvalue weighted by Crippen LogP contribution is 2.26. The van der Waals surface area contributed by atoms with Crippen LogP contribution in [0.25, 0.3) is 16.0 Å². The SMILES string of the molecule is Cc1cccc(CSc2nnc3n(CCc4ccccc4)c(=O)c4sccc4n23)c1. The molecule has 0 radical (unpaired) electrons. The number of nitrogens with zero attached hydrogens (tertiary/aromatic N) is 4. The van der Waals surface area contributed by atoms with Crippen molar-refractivity contribution < 1.29 is 0 Å². The molecule has 0 aliphatic heterocycles. The van der Waals surface area contributed by atoms with Gasteiger partial charge in [0.25, 0.3) is 5.56 Å². The van der Waals surface area contributed by atoms with E-state index < -0.39 is 0 Å². The van der Waals surface area contributed by atoms with Gasteiger partial charge >= 0.3 is 0 Å². The molecule has 5 aromatic rings. The highest BCUT2D eigenvalue weighted by atomic mass is 32.2. The van der Waals surface area contributed by atoms with Gasteiger partial charge in [0.1, 0.15) is 4.70 Å². The maximum atomic E-state index is 13.1. The summed E-state index contributed by atoms with van der Waals surface area (Å²) < 4.78 is 4.53. The van der Waals surface area contributed by atoms with Crippen LogP contribution in [0.3, 0.4) is 0 Å². The molecule has 0 unspecified atom stereocenters. The molecule has 150 valence electrons. The number of fused-ring (bicyclic) bond motifs is 3. The summed E-state index contributed by atoms with van der Waals surface area (Å²) >= 11 is 3.12. The van der Waals surface area contributed by atoms with Crippen LogP contribution in [-0.2, 0) is 18.7 Å². The maximum Gasteiger partial charge on any atom is 0.272 e. The van der Waals surface area contributed by atoms with Crippen molar-refractivity contribution in [2.24, 2.45) is 0 Å². The number of thioether (sulfide) groups is 1. The third-order valence-corrected chi connectivity index (χ3v) is 6.99.